The third kappa shape index (κ3) is 10.1. The molecule has 8 aromatic carbocycles. The Balaban J connectivity index is 1.34. The number of benzene rings is 8. The van der Waals surface area contributed by atoms with E-state index in [0.717, 1.165) is 95.0 Å². The van der Waals surface area contributed by atoms with Crippen LogP contribution in [0.25, 0.3) is 94.4 Å². The SMILES string of the molecule is [C-]#[N+]c1ccc(-c2cc(-c3nc4ccccc4n3-c3ccc(C(C)(C)C)cc3-c3ccccc3)cc(C(C)(C)C)c2)c2nc(-c3cc(C(C)(C)C)cc(C(C)(C)C)c3O)n(-c3c(C(C)C)cc(-c4ccccc4)cc3C(C)C)c12. The van der Waals surface area contributed by atoms with Crippen molar-refractivity contribution in [3.05, 3.63) is 203 Å². The average molecular weight is 1040 g/mol. The van der Waals surface area contributed by atoms with E-state index in [-0.39, 0.29) is 33.8 Å². The van der Waals surface area contributed by atoms with Gasteiger partial charge in [0.05, 0.1) is 45.6 Å². The fourth-order valence-electron chi connectivity index (χ4n) is 11.2. The summed E-state index contributed by atoms with van der Waals surface area (Å²) in [4.78, 5) is 15.7. The highest BCUT2D eigenvalue weighted by atomic mass is 16.3. The molecule has 0 fully saturated rings. The van der Waals surface area contributed by atoms with E-state index in [0.29, 0.717) is 28.1 Å². The minimum absolute atomic E-state index is 0.0693. The number of hydrogen-bond donors (Lipinski definition) is 1. The van der Waals surface area contributed by atoms with Crippen LogP contribution in [0.5, 0.6) is 5.75 Å². The normalized spacial score (nSPS) is 12.6. The van der Waals surface area contributed by atoms with Crippen LogP contribution in [-0.2, 0) is 21.7 Å². The molecule has 0 saturated heterocycles. The van der Waals surface area contributed by atoms with Crippen LogP contribution in [0.15, 0.2) is 158 Å². The van der Waals surface area contributed by atoms with Crippen molar-refractivity contribution in [2.75, 3.05) is 0 Å². The third-order valence-corrected chi connectivity index (χ3v) is 15.8. The number of imidazole rings is 2. The third-order valence-electron chi connectivity index (χ3n) is 15.8. The predicted molar refractivity (Wildman–Crippen MR) is 334 cm³/mol. The van der Waals surface area contributed by atoms with Crippen LogP contribution in [-0.4, -0.2) is 24.2 Å². The van der Waals surface area contributed by atoms with Gasteiger partial charge in [0.25, 0.3) is 0 Å². The number of phenols is 1. The van der Waals surface area contributed by atoms with Gasteiger partial charge in [-0.2, -0.15) is 0 Å². The van der Waals surface area contributed by atoms with Crippen molar-refractivity contribution in [1.29, 1.82) is 0 Å². The van der Waals surface area contributed by atoms with Gasteiger partial charge < -0.3 is 9.67 Å². The maximum atomic E-state index is 12.9. The van der Waals surface area contributed by atoms with E-state index in [1.807, 2.05) is 6.07 Å². The van der Waals surface area contributed by atoms with Gasteiger partial charge in [-0.3, -0.25) is 4.57 Å². The van der Waals surface area contributed by atoms with Crippen molar-refractivity contribution < 1.29 is 5.11 Å². The quantitative estimate of drug-likeness (QED) is 0.147. The van der Waals surface area contributed by atoms with Crippen LogP contribution in [0.3, 0.4) is 0 Å². The molecule has 0 unspecified atom stereocenters. The molecule has 0 aliphatic heterocycles. The Labute approximate surface area is 469 Å². The van der Waals surface area contributed by atoms with Crippen LogP contribution in [0, 0.1) is 6.57 Å². The summed E-state index contributed by atoms with van der Waals surface area (Å²) in [7, 11) is 0. The molecule has 400 valence electrons. The van der Waals surface area contributed by atoms with E-state index in [1.165, 1.54) is 5.56 Å². The fourth-order valence-corrected chi connectivity index (χ4v) is 11.2. The second-order valence-electron chi connectivity index (χ2n) is 26.5. The summed E-state index contributed by atoms with van der Waals surface area (Å²) in [5.41, 5.74) is 19.4. The molecule has 6 heteroatoms. The molecule has 0 saturated carbocycles. The van der Waals surface area contributed by atoms with E-state index < -0.39 is 5.41 Å². The van der Waals surface area contributed by atoms with E-state index in [1.54, 1.807) is 0 Å². The van der Waals surface area contributed by atoms with Gasteiger partial charge in [0, 0.05) is 22.3 Å². The molecule has 2 heterocycles. The summed E-state index contributed by atoms with van der Waals surface area (Å²) in [6.45, 7) is 44.7. The first-order valence-electron chi connectivity index (χ1n) is 28.1. The molecule has 2 aromatic heterocycles. The first-order valence-corrected chi connectivity index (χ1v) is 28.1. The van der Waals surface area contributed by atoms with Crippen LogP contribution in [0.2, 0.25) is 0 Å². The van der Waals surface area contributed by atoms with E-state index in [4.69, 9.17) is 16.5 Å². The lowest BCUT2D eigenvalue weighted by Gasteiger charge is -2.28. The highest BCUT2D eigenvalue weighted by molar-refractivity contribution is 6.04. The topological polar surface area (TPSA) is 60.2 Å². The zero-order valence-electron chi connectivity index (χ0n) is 49.3. The molecule has 0 bridgehead atoms. The van der Waals surface area contributed by atoms with Crippen molar-refractivity contribution in [2.45, 2.75) is 144 Å². The van der Waals surface area contributed by atoms with Crippen molar-refractivity contribution in [1.82, 2.24) is 19.1 Å². The van der Waals surface area contributed by atoms with Gasteiger partial charge in [-0.1, -0.05) is 214 Å². The van der Waals surface area contributed by atoms with E-state index in [9.17, 15) is 5.11 Å². The van der Waals surface area contributed by atoms with Crippen LogP contribution >= 0.6 is 0 Å². The van der Waals surface area contributed by atoms with Gasteiger partial charge in [-0.25, -0.2) is 14.8 Å². The Morgan fingerprint density at radius 1 is 0.456 bits per heavy atom. The molecular weight excluding hydrogens is 963 g/mol. The number of hydrogen-bond acceptors (Lipinski definition) is 3. The first kappa shape index (κ1) is 54.3. The largest absolute Gasteiger partial charge is 0.507 e. The highest BCUT2D eigenvalue weighted by Gasteiger charge is 2.32. The summed E-state index contributed by atoms with van der Waals surface area (Å²) >= 11 is 0. The van der Waals surface area contributed by atoms with Gasteiger partial charge >= 0.3 is 0 Å². The van der Waals surface area contributed by atoms with Crippen LogP contribution in [0.4, 0.5) is 5.69 Å². The Morgan fingerprint density at radius 3 is 1.59 bits per heavy atom. The Morgan fingerprint density at radius 2 is 1.01 bits per heavy atom. The maximum absolute atomic E-state index is 12.9. The minimum atomic E-state index is -0.399. The minimum Gasteiger partial charge on any atom is -0.507 e. The van der Waals surface area contributed by atoms with Crippen molar-refractivity contribution >= 4 is 27.8 Å². The van der Waals surface area contributed by atoms with Gasteiger partial charge in [-0.05, 0) is 138 Å². The molecule has 0 spiro atoms. The Bertz CT molecular complexity index is 3970. The summed E-state index contributed by atoms with van der Waals surface area (Å²) in [5.74, 6) is 1.78. The summed E-state index contributed by atoms with van der Waals surface area (Å²) < 4.78 is 4.60. The van der Waals surface area contributed by atoms with Gasteiger partial charge in [-0.15, -0.1) is 0 Å². The molecule has 0 aliphatic rings. The zero-order valence-corrected chi connectivity index (χ0v) is 49.3. The lowest BCUT2D eigenvalue weighted by Crippen LogP contribution is -2.17. The highest BCUT2D eigenvalue weighted by Crippen LogP contribution is 2.49. The molecule has 10 aromatic rings. The molecular formula is C73H77N5O. The zero-order chi connectivity index (χ0) is 56.7. The maximum Gasteiger partial charge on any atom is 0.212 e. The van der Waals surface area contributed by atoms with Crippen molar-refractivity contribution in [3.8, 4) is 73.3 Å². The smallest absolute Gasteiger partial charge is 0.212 e. The molecule has 79 heavy (non-hydrogen) atoms. The van der Waals surface area contributed by atoms with Crippen molar-refractivity contribution in [3.63, 3.8) is 0 Å². The lowest BCUT2D eigenvalue weighted by atomic mass is 9.78. The molecule has 0 radical (unpaired) electrons. The number of para-hydroxylation sites is 2. The van der Waals surface area contributed by atoms with E-state index >= 15 is 0 Å². The fraction of sp³-hybridized carbons (Fsp3) is 0.301. The van der Waals surface area contributed by atoms with Crippen molar-refractivity contribution in [2.24, 2.45) is 0 Å². The van der Waals surface area contributed by atoms with Gasteiger partial charge in [0.15, 0.2) is 0 Å². The Kier molecular flexibility index (Phi) is 13.8. The Hall–Kier alpha value is -8.01. The number of aromatic hydroxyl groups is 1. The molecule has 10 rings (SSSR count). The summed E-state index contributed by atoms with van der Waals surface area (Å²) in [6.07, 6.45) is 0. The summed E-state index contributed by atoms with van der Waals surface area (Å²) in [6, 6.07) is 56.5. The number of nitrogens with zero attached hydrogens (tertiary/aromatic N) is 5. The second kappa shape index (κ2) is 20.0. The molecule has 0 amide bonds. The number of rotatable bonds is 9. The molecule has 0 atom stereocenters. The van der Waals surface area contributed by atoms with E-state index in [2.05, 4.69) is 276 Å². The molecule has 1 N–H and O–H groups in total. The average Bonchev–Trinajstić information content (AvgIpc) is 3.69. The van der Waals surface area contributed by atoms with Gasteiger partial charge in [0.1, 0.15) is 17.4 Å². The second-order valence-corrected chi connectivity index (χ2v) is 26.5. The monoisotopic (exact) mass is 1040 g/mol. The summed E-state index contributed by atoms with van der Waals surface area (Å²) in [5, 5.41) is 12.9. The first-order chi connectivity index (χ1) is 37.2. The van der Waals surface area contributed by atoms with Gasteiger partial charge in [0.2, 0.25) is 5.69 Å². The number of fused-ring (bicyclic) bond motifs is 2. The molecule has 0 aliphatic carbocycles. The van der Waals surface area contributed by atoms with Crippen LogP contribution < -0.4 is 0 Å². The standard InChI is InChI=1S/C73H77N5O/c1-44(2)55-39-48(46-26-20-18-21-27-46)40-56(45(3)4)65(55)78-66-61(74-17)34-33-54(64(66)76-69(78)58-42-53(72(11,12)13)43-59(67(58)79)73(14,15)16)49-36-50(38-52(37-49)71(8,9)10)68-75-60-30-24-25-31-63(60)77(68)62-35-32-51(70(5,6)7)41-57(62)47-28-22-19-23-29-47/h18-45,79H,1-16H3. The number of aromatic nitrogens is 4. The molecule has 6 nitrogen and oxygen atoms in total. The predicted octanol–water partition coefficient (Wildman–Crippen LogP) is 20.4. The number of phenolic OH excluding ortho intramolecular Hbond substituents is 1. The lowest BCUT2D eigenvalue weighted by molar-refractivity contribution is 0.446. The van der Waals surface area contributed by atoms with Crippen LogP contribution in [0.1, 0.15) is 156 Å².